The Labute approximate surface area is 160 Å². The van der Waals surface area contributed by atoms with E-state index in [2.05, 4.69) is 52.9 Å². The molecule has 2 heterocycles. The number of nitrogens with zero attached hydrogens (tertiary/aromatic N) is 2. The predicted octanol–water partition coefficient (Wildman–Crippen LogP) is 3.95. The van der Waals surface area contributed by atoms with Gasteiger partial charge in [-0.3, -0.25) is 9.69 Å². The highest BCUT2D eigenvalue weighted by Gasteiger charge is 2.29. The van der Waals surface area contributed by atoms with Crippen LogP contribution in [-0.4, -0.2) is 43.7 Å². The molecule has 0 radical (unpaired) electrons. The number of methoxy groups -OCH3 is 1. The molecule has 5 heteroatoms. The molecule has 4 nitrogen and oxygen atoms in total. The summed E-state index contributed by atoms with van der Waals surface area (Å²) in [6.07, 6.45) is 3.00. The van der Waals surface area contributed by atoms with Gasteiger partial charge >= 0.3 is 0 Å². The van der Waals surface area contributed by atoms with Crippen LogP contribution in [0.3, 0.4) is 0 Å². The standard InChI is InChI=1S/C21H28N2O2S/c1-3-17-4-6-19(7-5-17)23(21(24)15-25-2)20-8-11-22(12-9-20)14-18-10-13-26-16-18/h4-7,10,13,16,20H,3,8-9,11-12,14-15H2,1-2H3. The maximum atomic E-state index is 12.7. The highest BCUT2D eigenvalue weighted by atomic mass is 32.1. The number of benzene rings is 1. The molecular formula is C21H28N2O2S. The zero-order valence-corrected chi connectivity index (χ0v) is 16.5. The van der Waals surface area contributed by atoms with E-state index in [-0.39, 0.29) is 18.6 Å². The van der Waals surface area contributed by atoms with Crippen LogP contribution in [0.15, 0.2) is 41.1 Å². The van der Waals surface area contributed by atoms with Crippen LogP contribution in [0.1, 0.15) is 30.9 Å². The zero-order chi connectivity index (χ0) is 18.4. The maximum absolute atomic E-state index is 12.7. The third-order valence-electron chi connectivity index (χ3n) is 5.07. The molecule has 3 rings (SSSR count). The van der Waals surface area contributed by atoms with Crippen molar-refractivity contribution in [3.63, 3.8) is 0 Å². The molecule has 1 aliphatic rings. The summed E-state index contributed by atoms with van der Waals surface area (Å²) < 4.78 is 5.13. The van der Waals surface area contributed by atoms with Gasteiger partial charge in [0.25, 0.3) is 5.91 Å². The van der Waals surface area contributed by atoms with Crippen LogP contribution in [-0.2, 0) is 22.5 Å². The molecule has 1 amide bonds. The van der Waals surface area contributed by atoms with Crippen LogP contribution in [0.4, 0.5) is 5.69 Å². The molecule has 26 heavy (non-hydrogen) atoms. The van der Waals surface area contributed by atoms with E-state index in [1.807, 2.05) is 4.90 Å². The Bertz CT molecular complexity index is 677. The van der Waals surface area contributed by atoms with E-state index in [4.69, 9.17) is 4.74 Å². The maximum Gasteiger partial charge on any atom is 0.253 e. The van der Waals surface area contributed by atoms with Crippen LogP contribution in [0.2, 0.25) is 0 Å². The zero-order valence-electron chi connectivity index (χ0n) is 15.7. The number of anilines is 1. The molecule has 0 aliphatic carbocycles. The minimum Gasteiger partial charge on any atom is -0.375 e. The number of rotatable bonds is 7. The minimum atomic E-state index is 0.0491. The highest BCUT2D eigenvalue weighted by molar-refractivity contribution is 7.07. The Hall–Kier alpha value is -1.69. The first-order valence-corrected chi connectivity index (χ1v) is 10.3. The Morgan fingerprint density at radius 1 is 1.19 bits per heavy atom. The SMILES string of the molecule is CCc1ccc(N(C(=O)COC)C2CCN(Cc3ccsc3)CC2)cc1. The van der Waals surface area contributed by atoms with Crippen LogP contribution in [0.25, 0.3) is 0 Å². The van der Waals surface area contributed by atoms with E-state index in [1.54, 1.807) is 18.4 Å². The smallest absolute Gasteiger partial charge is 0.253 e. The molecule has 2 aromatic rings. The lowest BCUT2D eigenvalue weighted by molar-refractivity contribution is -0.122. The molecule has 1 aliphatic heterocycles. The second-order valence-corrected chi connectivity index (χ2v) is 7.64. The number of aryl methyl sites for hydroxylation is 1. The summed E-state index contributed by atoms with van der Waals surface area (Å²) in [7, 11) is 1.58. The van der Waals surface area contributed by atoms with Crippen molar-refractivity contribution in [3.05, 3.63) is 52.2 Å². The number of ether oxygens (including phenoxy) is 1. The lowest BCUT2D eigenvalue weighted by Crippen LogP contribution is -2.48. The third-order valence-corrected chi connectivity index (χ3v) is 5.80. The molecule has 0 atom stereocenters. The largest absolute Gasteiger partial charge is 0.375 e. The fraction of sp³-hybridized carbons (Fsp3) is 0.476. The van der Waals surface area contributed by atoms with E-state index in [0.717, 1.165) is 44.6 Å². The number of carbonyl (C=O) groups excluding carboxylic acids is 1. The number of hydrogen-bond donors (Lipinski definition) is 0. The number of likely N-dealkylation sites (tertiary alicyclic amines) is 1. The van der Waals surface area contributed by atoms with Crippen molar-refractivity contribution in [1.29, 1.82) is 0 Å². The lowest BCUT2D eigenvalue weighted by atomic mass is 10.0. The fourth-order valence-electron chi connectivity index (χ4n) is 3.62. The molecule has 1 fully saturated rings. The van der Waals surface area contributed by atoms with Crippen molar-refractivity contribution in [2.75, 3.05) is 31.7 Å². The van der Waals surface area contributed by atoms with Gasteiger partial charge in [-0.2, -0.15) is 11.3 Å². The third kappa shape index (κ3) is 4.72. The van der Waals surface area contributed by atoms with Crippen molar-refractivity contribution < 1.29 is 9.53 Å². The summed E-state index contributed by atoms with van der Waals surface area (Å²) in [6.45, 7) is 5.32. The van der Waals surface area contributed by atoms with Crippen molar-refractivity contribution in [1.82, 2.24) is 4.90 Å². The van der Waals surface area contributed by atoms with Gasteiger partial charge < -0.3 is 9.64 Å². The van der Waals surface area contributed by atoms with Crippen molar-refractivity contribution >= 4 is 22.9 Å². The van der Waals surface area contributed by atoms with Gasteiger partial charge in [0.05, 0.1) is 0 Å². The topological polar surface area (TPSA) is 32.8 Å². The van der Waals surface area contributed by atoms with Crippen LogP contribution >= 0.6 is 11.3 Å². The molecule has 1 aromatic carbocycles. The van der Waals surface area contributed by atoms with Gasteiger partial charge in [0.1, 0.15) is 6.61 Å². The lowest BCUT2D eigenvalue weighted by Gasteiger charge is -2.38. The molecule has 1 saturated heterocycles. The average Bonchev–Trinajstić information content (AvgIpc) is 3.17. The van der Waals surface area contributed by atoms with Crippen LogP contribution in [0.5, 0.6) is 0 Å². The second kappa shape index (κ2) is 9.31. The van der Waals surface area contributed by atoms with E-state index < -0.39 is 0 Å². The Morgan fingerprint density at radius 3 is 2.50 bits per heavy atom. The van der Waals surface area contributed by atoms with Gasteiger partial charge in [0, 0.05) is 38.5 Å². The summed E-state index contributed by atoms with van der Waals surface area (Å²) in [5.74, 6) is 0.0491. The first-order chi connectivity index (χ1) is 12.7. The summed E-state index contributed by atoms with van der Waals surface area (Å²) in [5.41, 5.74) is 3.66. The van der Waals surface area contributed by atoms with Gasteiger partial charge in [-0.15, -0.1) is 0 Å². The Kier molecular flexibility index (Phi) is 6.83. The first kappa shape index (κ1) is 19.1. The van der Waals surface area contributed by atoms with Crippen LogP contribution in [0, 0.1) is 0 Å². The molecule has 0 N–H and O–H groups in total. The van der Waals surface area contributed by atoms with Gasteiger partial charge in [-0.1, -0.05) is 19.1 Å². The quantitative estimate of drug-likeness (QED) is 0.738. The number of piperidine rings is 1. The first-order valence-electron chi connectivity index (χ1n) is 9.34. The summed E-state index contributed by atoms with van der Waals surface area (Å²) in [5, 5.41) is 4.35. The average molecular weight is 373 g/mol. The summed E-state index contributed by atoms with van der Waals surface area (Å²) in [6, 6.07) is 10.8. The molecule has 140 valence electrons. The van der Waals surface area contributed by atoms with Gasteiger partial charge in [0.15, 0.2) is 0 Å². The normalized spacial score (nSPS) is 15.9. The van der Waals surface area contributed by atoms with E-state index in [1.165, 1.54) is 11.1 Å². The van der Waals surface area contributed by atoms with Gasteiger partial charge in [-0.25, -0.2) is 0 Å². The molecule has 0 bridgehead atoms. The summed E-state index contributed by atoms with van der Waals surface area (Å²) in [4.78, 5) is 17.2. The molecule has 0 saturated carbocycles. The van der Waals surface area contributed by atoms with E-state index in [9.17, 15) is 4.79 Å². The molecule has 0 unspecified atom stereocenters. The number of hydrogen-bond acceptors (Lipinski definition) is 4. The molecule has 0 spiro atoms. The van der Waals surface area contributed by atoms with Gasteiger partial charge in [0.2, 0.25) is 0 Å². The van der Waals surface area contributed by atoms with Crippen molar-refractivity contribution in [3.8, 4) is 0 Å². The van der Waals surface area contributed by atoms with Crippen molar-refractivity contribution in [2.45, 2.75) is 38.8 Å². The van der Waals surface area contributed by atoms with Gasteiger partial charge in [-0.05, 0) is 59.3 Å². The monoisotopic (exact) mass is 372 g/mol. The Balaban J connectivity index is 1.68. The number of thiophene rings is 1. The van der Waals surface area contributed by atoms with Crippen LogP contribution < -0.4 is 4.90 Å². The summed E-state index contributed by atoms with van der Waals surface area (Å²) >= 11 is 1.75. The molecular weight excluding hydrogens is 344 g/mol. The Morgan fingerprint density at radius 2 is 1.92 bits per heavy atom. The predicted molar refractivity (Wildman–Crippen MR) is 108 cm³/mol. The van der Waals surface area contributed by atoms with E-state index >= 15 is 0 Å². The second-order valence-electron chi connectivity index (χ2n) is 6.86. The fourth-order valence-corrected chi connectivity index (χ4v) is 4.28. The minimum absolute atomic E-state index is 0.0491. The van der Waals surface area contributed by atoms with E-state index in [0.29, 0.717) is 0 Å². The van der Waals surface area contributed by atoms with Crippen molar-refractivity contribution in [2.24, 2.45) is 0 Å². The highest BCUT2D eigenvalue weighted by Crippen LogP contribution is 2.25. The molecule has 1 aromatic heterocycles. The number of amides is 1. The number of carbonyl (C=O) groups is 1.